The van der Waals surface area contributed by atoms with E-state index < -0.39 is 6.10 Å². The minimum absolute atomic E-state index is 0.109. The van der Waals surface area contributed by atoms with Crippen LogP contribution in [-0.4, -0.2) is 35.1 Å². The fourth-order valence-electron chi connectivity index (χ4n) is 1.78. The number of aliphatic hydroxyl groups excluding tert-OH is 1. The first-order valence-electron chi connectivity index (χ1n) is 6.13. The minimum Gasteiger partial charge on any atom is -0.392 e. The van der Waals surface area contributed by atoms with Gasteiger partial charge >= 0.3 is 0 Å². The number of aliphatic hydroxyl groups is 1. The second-order valence-electron chi connectivity index (χ2n) is 4.27. The van der Waals surface area contributed by atoms with Gasteiger partial charge in [-0.05, 0) is 25.8 Å². The Balaban J connectivity index is 2.42. The molecule has 1 aromatic carbocycles. The number of carbonyl (C=O) groups excluding carboxylic acids is 1. The Labute approximate surface area is 103 Å². The smallest absolute Gasteiger partial charge is 0.222 e. The second kappa shape index (κ2) is 7.07. The maximum atomic E-state index is 11.9. The first kappa shape index (κ1) is 13.7. The number of aryl methyl sites for hydroxylation is 1. The van der Waals surface area contributed by atoms with Gasteiger partial charge in [-0.25, -0.2) is 0 Å². The van der Waals surface area contributed by atoms with Gasteiger partial charge in [0.15, 0.2) is 0 Å². The van der Waals surface area contributed by atoms with E-state index in [1.54, 1.807) is 11.8 Å². The molecule has 1 amide bonds. The zero-order valence-electron chi connectivity index (χ0n) is 10.6. The molecule has 1 rings (SSSR count). The molecule has 0 aliphatic heterocycles. The molecule has 0 aromatic heterocycles. The van der Waals surface area contributed by atoms with Crippen molar-refractivity contribution in [2.24, 2.45) is 0 Å². The molecular formula is C14H21NO2. The first-order chi connectivity index (χ1) is 8.13. The van der Waals surface area contributed by atoms with Gasteiger partial charge in [-0.1, -0.05) is 30.3 Å². The minimum atomic E-state index is -0.462. The summed E-state index contributed by atoms with van der Waals surface area (Å²) in [4.78, 5) is 13.6. The lowest BCUT2D eigenvalue weighted by Gasteiger charge is -2.22. The fraction of sp³-hybridized carbons (Fsp3) is 0.500. The van der Waals surface area contributed by atoms with Gasteiger partial charge < -0.3 is 10.0 Å². The quantitative estimate of drug-likeness (QED) is 0.817. The van der Waals surface area contributed by atoms with Crippen LogP contribution in [-0.2, 0) is 11.2 Å². The van der Waals surface area contributed by atoms with Crippen LogP contribution in [0.4, 0.5) is 0 Å². The maximum absolute atomic E-state index is 11.9. The van der Waals surface area contributed by atoms with Crippen LogP contribution in [0.3, 0.4) is 0 Å². The number of benzene rings is 1. The van der Waals surface area contributed by atoms with E-state index in [0.29, 0.717) is 19.5 Å². The van der Waals surface area contributed by atoms with E-state index in [1.165, 1.54) is 5.56 Å². The molecule has 0 saturated carbocycles. The van der Waals surface area contributed by atoms with Crippen LogP contribution in [0, 0.1) is 0 Å². The summed E-state index contributed by atoms with van der Waals surface area (Å²) in [6.45, 7) is 4.71. The van der Waals surface area contributed by atoms with Crippen molar-refractivity contribution in [1.29, 1.82) is 0 Å². The van der Waals surface area contributed by atoms with Crippen molar-refractivity contribution in [2.45, 2.75) is 32.8 Å². The summed E-state index contributed by atoms with van der Waals surface area (Å²) < 4.78 is 0. The number of hydrogen-bond acceptors (Lipinski definition) is 2. The van der Waals surface area contributed by atoms with Gasteiger partial charge in [0.1, 0.15) is 0 Å². The number of amides is 1. The maximum Gasteiger partial charge on any atom is 0.222 e. The molecule has 3 nitrogen and oxygen atoms in total. The van der Waals surface area contributed by atoms with E-state index in [9.17, 15) is 9.90 Å². The molecule has 0 spiro atoms. The third kappa shape index (κ3) is 5.00. The molecule has 3 heteroatoms. The third-order valence-corrected chi connectivity index (χ3v) is 2.69. The Hall–Kier alpha value is -1.35. The standard InChI is InChI=1S/C14H21NO2/c1-3-15(11-12(2)16)14(17)10-9-13-7-5-4-6-8-13/h4-8,12,16H,3,9-11H2,1-2H3/t12-/m0/s1. The van der Waals surface area contributed by atoms with Crippen LogP contribution >= 0.6 is 0 Å². The van der Waals surface area contributed by atoms with E-state index in [2.05, 4.69) is 0 Å². The van der Waals surface area contributed by atoms with Gasteiger partial charge in [-0.3, -0.25) is 4.79 Å². The molecule has 17 heavy (non-hydrogen) atoms. The number of likely N-dealkylation sites (N-methyl/N-ethyl adjacent to an activating group) is 1. The lowest BCUT2D eigenvalue weighted by Crippen LogP contribution is -2.36. The van der Waals surface area contributed by atoms with E-state index in [1.807, 2.05) is 37.3 Å². The molecule has 0 aliphatic carbocycles. The highest BCUT2D eigenvalue weighted by Crippen LogP contribution is 2.05. The molecule has 1 atom stereocenters. The van der Waals surface area contributed by atoms with Crippen molar-refractivity contribution >= 4 is 5.91 Å². The summed E-state index contributed by atoms with van der Waals surface area (Å²) in [6.07, 6.45) is 0.802. The summed E-state index contributed by atoms with van der Waals surface area (Å²) in [7, 11) is 0. The number of nitrogens with zero attached hydrogens (tertiary/aromatic N) is 1. The number of carbonyl (C=O) groups is 1. The van der Waals surface area contributed by atoms with Gasteiger partial charge in [0.2, 0.25) is 5.91 Å². The van der Waals surface area contributed by atoms with Crippen molar-refractivity contribution in [3.8, 4) is 0 Å². The predicted octanol–water partition coefficient (Wildman–Crippen LogP) is 1.85. The van der Waals surface area contributed by atoms with Crippen molar-refractivity contribution in [1.82, 2.24) is 4.90 Å². The Morgan fingerprint density at radius 1 is 1.35 bits per heavy atom. The van der Waals surface area contributed by atoms with E-state index >= 15 is 0 Å². The monoisotopic (exact) mass is 235 g/mol. The van der Waals surface area contributed by atoms with Gasteiger partial charge in [-0.2, -0.15) is 0 Å². The molecule has 0 saturated heterocycles. The van der Waals surface area contributed by atoms with Crippen molar-refractivity contribution in [3.63, 3.8) is 0 Å². The normalized spacial score (nSPS) is 12.2. The average Bonchev–Trinajstić information content (AvgIpc) is 2.34. The third-order valence-electron chi connectivity index (χ3n) is 2.69. The highest BCUT2D eigenvalue weighted by molar-refractivity contribution is 5.76. The largest absolute Gasteiger partial charge is 0.392 e. The van der Waals surface area contributed by atoms with E-state index in [-0.39, 0.29) is 5.91 Å². The van der Waals surface area contributed by atoms with Crippen LogP contribution < -0.4 is 0 Å². The van der Waals surface area contributed by atoms with E-state index in [4.69, 9.17) is 0 Å². The van der Waals surface area contributed by atoms with Gasteiger partial charge in [-0.15, -0.1) is 0 Å². The molecule has 0 bridgehead atoms. The Bertz CT molecular complexity index is 335. The lowest BCUT2D eigenvalue weighted by molar-refractivity contribution is -0.132. The van der Waals surface area contributed by atoms with Gasteiger partial charge in [0.25, 0.3) is 0 Å². The number of rotatable bonds is 6. The molecule has 1 N–H and O–H groups in total. The number of hydrogen-bond donors (Lipinski definition) is 1. The molecule has 0 fully saturated rings. The fourth-order valence-corrected chi connectivity index (χ4v) is 1.78. The highest BCUT2D eigenvalue weighted by Gasteiger charge is 2.13. The van der Waals surface area contributed by atoms with Gasteiger partial charge in [0.05, 0.1) is 6.10 Å². The molecule has 94 valence electrons. The van der Waals surface area contributed by atoms with Crippen LogP contribution in [0.1, 0.15) is 25.8 Å². The van der Waals surface area contributed by atoms with Crippen LogP contribution in [0.5, 0.6) is 0 Å². The second-order valence-corrected chi connectivity index (χ2v) is 4.27. The molecule has 1 aromatic rings. The Morgan fingerprint density at radius 2 is 2.00 bits per heavy atom. The molecule has 0 unspecified atom stereocenters. The lowest BCUT2D eigenvalue weighted by atomic mass is 10.1. The zero-order chi connectivity index (χ0) is 12.7. The summed E-state index contributed by atoms with van der Waals surface area (Å²) >= 11 is 0. The zero-order valence-corrected chi connectivity index (χ0v) is 10.6. The summed E-state index contributed by atoms with van der Waals surface area (Å²) in [5.74, 6) is 0.109. The molecule has 0 heterocycles. The Morgan fingerprint density at radius 3 is 2.53 bits per heavy atom. The molecular weight excluding hydrogens is 214 g/mol. The van der Waals surface area contributed by atoms with Crippen LogP contribution in [0.15, 0.2) is 30.3 Å². The summed E-state index contributed by atoms with van der Waals surface area (Å²) in [5, 5.41) is 9.29. The van der Waals surface area contributed by atoms with Crippen LogP contribution in [0.25, 0.3) is 0 Å². The summed E-state index contributed by atoms with van der Waals surface area (Å²) in [6, 6.07) is 9.98. The molecule has 0 radical (unpaired) electrons. The van der Waals surface area contributed by atoms with Crippen LogP contribution in [0.2, 0.25) is 0 Å². The SMILES string of the molecule is CCN(C[C@H](C)O)C(=O)CCc1ccccc1. The highest BCUT2D eigenvalue weighted by atomic mass is 16.3. The van der Waals surface area contributed by atoms with Gasteiger partial charge in [0, 0.05) is 19.5 Å². The Kier molecular flexibility index (Phi) is 5.70. The summed E-state index contributed by atoms with van der Waals surface area (Å²) in [5.41, 5.74) is 1.17. The van der Waals surface area contributed by atoms with E-state index in [0.717, 1.165) is 6.42 Å². The predicted molar refractivity (Wildman–Crippen MR) is 68.7 cm³/mol. The average molecular weight is 235 g/mol. The molecule has 0 aliphatic rings. The van der Waals surface area contributed by atoms with Crippen molar-refractivity contribution in [2.75, 3.05) is 13.1 Å². The topological polar surface area (TPSA) is 40.5 Å². The van der Waals surface area contributed by atoms with Crippen molar-refractivity contribution in [3.05, 3.63) is 35.9 Å². The first-order valence-corrected chi connectivity index (χ1v) is 6.13. The van der Waals surface area contributed by atoms with Crippen molar-refractivity contribution < 1.29 is 9.90 Å².